The summed E-state index contributed by atoms with van der Waals surface area (Å²) >= 11 is 0. The van der Waals surface area contributed by atoms with E-state index in [0.717, 1.165) is 0 Å². The number of benzene rings is 1. The molecule has 1 aromatic rings. The first-order valence-electron chi connectivity index (χ1n) is 5.73. The highest BCUT2D eigenvalue weighted by atomic mass is 16.6. The molecule has 0 bridgehead atoms. The SMILES string of the molecule is CNCC1(C)CN(c2cccc(C#N)c2)C(=O)O1. The zero-order valence-electron chi connectivity index (χ0n) is 10.4. The summed E-state index contributed by atoms with van der Waals surface area (Å²) < 4.78 is 5.37. The van der Waals surface area contributed by atoms with Gasteiger partial charge >= 0.3 is 6.09 Å². The van der Waals surface area contributed by atoms with Crippen LogP contribution in [0.5, 0.6) is 0 Å². The molecule has 1 fully saturated rings. The summed E-state index contributed by atoms with van der Waals surface area (Å²) in [5.41, 5.74) is 0.690. The van der Waals surface area contributed by atoms with Crippen LogP contribution in [0.2, 0.25) is 0 Å². The van der Waals surface area contributed by atoms with Crippen LogP contribution in [0.25, 0.3) is 0 Å². The van der Waals surface area contributed by atoms with Crippen LogP contribution in [-0.4, -0.2) is 31.8 Å². The van der Waals surface area contributed by atoms with E-state index in [1.54, 1.807) is 29.2 Å². The lowest BCUT2D eigenvalue weighted by Crippen LogP contribution is -2.40. The molecule has 5 nitrogen and oxygen atoms in total. The largest absolute Gasteiger partial charge is 0.440 e. The lowest BCUT2D eigenvalue weighted by atomic mass is 10.1. The van der Waals surface area contributed by atoms with E-state index in [9.17, 15) is 4.79 Å². The maximum absolute atomic E-state index is 11.9. The first-order valence-corrected chi connectivity index (χ1v) is 5.73. The molecule has 1 atom stereocenters. The highest BCUT2D eigenvalue weighted by molar-refractivity contribution is 5.90. The fourth-order valence-electron chi connectivity index (χ4n) is 2.10. The molecule has 18 heavy (non-hydrogen) atoms. The Morgan fingerprint density at radius 3 is 3.06 bits per heavy atom. The molecule has 1 heterocycles. The minimum absolute atomic E-state index is 0.372. The van der Waals surface area contributed by atoms with Gasteiger partial charge in [-0.15, -0.1) is 0 Å². The van der Waals surface area contributed by atoms with E-state index in [0.29, 0.717) is 24.3 Å². The molecule has 0 spiro atoms. The van der Waals surface area contributed by atoms with Crippen LogP contribution >= 0.6 is 0 Å². The second-order valence-corrected chi connectivity index (χ2v) is 4.60. The zero-order valence-corrected chi connectivity index (χ0v) is 10.4. The molecule has 0 aromatic heterocycles. The summed E-state index contributed by atoms with van der Waals surface area (Å²) in [6, 6.07) is 9.01. The van der Waals surface area contributed by atoms with Crippen molar-refractivity contribution in [2.75, 3.05) is 25.0 Å². The van der Waals surface area contributed by atoms with Crippen molar-refractivity contribution in [2.45, 2.75) is 12.5 Å². The van der Waals surface area contributed by atoms with Crippen LogP contribution in [-0.2, 0) is 4.74 Å². The van der Waals surface area contributed by atoms with Crippen LogP contribution < -0.4 is 10.2 Å². The zero-order chi connectivity index (χ0) is 13.2. The molecule has 1 aliphatic heterocycles. The van der Waals surface area contributed by atoms with Gasteiger partial charge in [-0.05, 0) is 32.2 Å². The van der Waals surface area contributed by atoms with Crippen molar-refractivity contribution in [1.82, 2.24) is 5.32 Å². The van der Waals surface area contributed by atoms with Crippen molar-refractivity contribution < 1.29 is 9.53 Å². The molecule has 5 heteroatoms. The van der Waals surface area contributed by atoms with E-state index in [-0.39, 0.29) is 6.09 Å². The monoisotopic (exact) mass is 245 g/mol. The molecule has 0 saturated carbocycles. The summed E-state index contributed by atoms with van der Waals surface area (Å²) in [5, 5.41) is 11.9. The second-order valence-electron chi connectivity index (χ2n) is 4.60. The molecular formula is C13H15N3O2. The Bertz CT molecular complexity index is 509. The molecule has 0 radical (unpaired) electrons. The number of cyclic esters (lactones) is 1. The molecule has 1 N–H and O–H groups in total. The Morgan fingerprint density at radius 2 is 2.39 bits per heavy atom. The van der Waals surface area contributed by atoms with E-state index < -0.39 is 5.60 Å². The first-order chi connectivity index (χ1) is 8.58. The van der Waals surface area contributed by atoms with Crippen LogP contribution in [0.1, 0.15) is 12.5 Å². The molecule has 1 saturated heterocycles. The van der Waals surface area contributed by atoms with Gasteiger partial charge in [0, 0.05) is 12.2 Å². The van der Waals surface area contributed by atoms with Crippen LogP contribution in [0.15, 0.2) is 24.3 Å². The Morgan fingerprint density at radius 1 is 1.61 bits per heavy atom. The van der Waals surface area contributed by atoms with E-state index in [4.69, 9.17) is 10.00 Å². The number of carbonyl (C=O) groups excluding carboxylic acids is 1. The van der Waals surface area contributed by atoms with Crippen molar-refractivity contribution in [3.8, 4) is 6.07 Å². The van der Waals surface area contributed by atoms with Gasteiger partial charge in [-0.2, -0.15) is 5.26 Å². The molecule has 1 unspecified atom stereocenters. The van der Waals surface area contributed by atoms with Crippen molar-refractivity contribution >= 4 is 11.8 Å². The smallest absolute Gasteiger partial charge is 0.415 e. The van der Waals surface area contributed by atoms with Gasteiger partial charge < -0.3 is 10.1 Å². The quantitative estimate of drug-likeness (QED) is 0.876. The lowest BCUT2D eigenvalue weighted by molar-refractivity contribution is 0.0734. The van der Waals surface area contributed by atoms with Crippen molar-refractivity contribution in [2.24, 2.45) is 0 Å². The number of hydrogen-bond donors (Lipinski definition) is 1. The fourth-order valence-corrected chi connectivity index (χ4v) is 2.10. The minimum atomic E-state index is -0.533. The third kappa shape index (κ3) is 2.29. The first kappa shape index (κ1) is 12.4. The summed E-state index contributed by atoms with van der Waals surface area (Å²) in [6.45, 7) is 2.95. The third-order valence-electron chi connectivity index (χ3n) is 2.88. The molecule has 0 aliphatic carbocycles. The molecular weight excluding hydrogens is 230 g/mol. The maximum Gasteiger partial charge on any atom is 0.415 e. The predicted octanol–water partition coefficient (Wildman–Crippen LogP) is 1.49. The number of rotatable bonds is 3. The van der Waals surface area contributed by atoms with Crippen molar-refractivity contribution in [1.29, 1.82) is 5.26 Å². The number of nitrogens with one attached hydrogen (secondary N) is 1. The van der Waals surface area contributed by atoms with Crippen LogP contribution in [0.4, 0.5) is 10.5 Å². The van der Waals surface area contributed by atoms with Gasteiger partial charge in [0.2, 0.25) is 0 Å². The van der Waals surface area contributed by atoms with Gasteiger partial charge in [0.1, 0.15) is 5.60 Å². The fraction of sp³-hybridized carbons (Fsp3) is 0.385. The number of carbonyl (C=O) groups is 1. The lowest BCUT2D eigenvalue weighted by Gasteiger charge is -2.21. The summed E-state index contributed by atoms with van der Waals surface area (Å²) in [6.07, 6.45) is -0.372. The molecule has 2 rings (SSSR count). The van der Waals surface area contributed by atoms with Gasteiger partial charge in [-0.3, -0.25) is 4.90 Å². The van der Waals surface area contributed by atoms with Crippen LogP contribution in [0, 0.1) is 11.3 Å². The van der Waals surface area contributed by atoms with Gasteiger partial charge in [0.25, 0.3) is 0 Å². The van der Waals surface area contributed by atoms with E-state index in [1.807, 2.05) is 14.0 Å². The van der Waals surface area contributed by atoms with Gasteiger partial charge in [-0.25, -0.2) is 4.79 Å². The number of likely N-dealkylation sites (N-methyl/N-ethyl adjacent to an activating group) is 1. The Kier molecular flexibility index (Phi) is 3.21. The van der Waals surface area contributed by atoms with Crippen molar-refractivity contribution in [3.05, 3.63) is 29.8 Å². The van der Waals surface area contributed by atoms with E-state index in [2.05, 4.69) is 11.4 Å². The number of hydrogen-bond acceptors (Lipinski definition) is 4. The van der Waals surface area contributed by atoms with Crippen LogP contribution in [0.3, 0.4) is 0 Å². The molecule has 1 aliphatic rings. The molecule has 94 valence electrons. The topological polar surface area (TPSA) is 65.4 Å². The standard InChI is InChI=1S/C13H15N3O2/c1-13(8-15-2)9-16(12(17)18-13)11-5-3-4-10(6-11)7-14/h3-6,15H,8-9H2,1-2H3. The molecule has 1 aromatic carbocycles. The minimum Gasteiger partial charge on any atom is -0.440 e. The van der Waals surface area contributed by atoms with Crippen molar-refractivity contribution in [3.63, 3.8) is 0 Å². The number of ether oxygens (including phenoxy) is 1. The number of amides is 1. The third-order valence-corrected chi connectivity index (χ3v) is 2.88. The van der Waals surface area contributed by atoms with E-state index >= 15 is 0 Å². The normalized spacial score (nSPS) is 22.7. The Labute approximate surface area is 106 Å². The Balaban J connectivity index is 2.24. The van der Waals surface area contributed by atoms with Gasteiger partial charge in [0.15, 0.2) is 0 Å². The summed E-state index contributed by atoms with van der Waals surface area (Å²) in [7, 11) is 1.82. The average Bonchev–Trinajstić information content (AvgIpc) is 2.65. The van der Waals surface area contributed by atoms with E-state index in [1.165, 1.54) is 0 Å². The predicted molar refractivity (Wildman–Crippen MR) is 67.3 cm³/mol. The number of nitrogens with zero attached hydrogens (tertiary/aromatic N) is 2. The summed E-state index contributed by atoms with van der Waals surface area (Å²) in [5.74, 6) is 0. The second kappa shape index (κ2) is 4.67. The Hall–Kier alpha value is -2.06. The summed E-state index contributed by atoms with van der Waals surface area (Å²) in [4.78, 5) is 13.4. The van der Waals surface area contributed by atoms with Gasteiger partial charge in [0.05, 0.1) is 18.2 Å². The number of nitriles is 1. The van der Waals surface area contributed by atoms with Gasteiger partial charge in [-0.1, -0.05) is 6.07 Å². The maximum atomic E-state index is 11.9. The highest BCUT2D eigenvalue weighted by Crippen LogP contribution is 2.27. The average molecular weight is 245 g/mol. The number of anilines is 1. The molecule has 1 amide bonds. The highest BCUT2D eigenvalue weighted by Gasteiger charge is 2.41.